The molecule has 1 aromatic carbocycles. The van der Waals surface area contributed by atoms with E-state index in [9.17, 15) is 14.9 Å². The van der Waals surface area contributed by atoms with Crippen LogP contribution in [0.25, 0.3) is 0 Å². The highest BCUT2D eigenvalue weighted by atomic mass is 32.2. The van der Waals surface area contributed by atoms with E-state index >= 15 is 0 Å². The topological polar surface area (TPSA) is 129 Å². The summed E-state index contributed by atoms with van der Waals surface area (Å²) in [6.45, 7) is 7.35. The third-order valence-corrected chi connectivity index (χ3v) is 6.52. The Morgan fingerprint density at radius 2 is 1.88 bits per heavy atom. The van der Waals surface area contributed by atoms with Crippen LogP contribution in [0.1, 0.15) is 29.7 Å². The molecule has 10 nitrogen and oxygen atoms in total. The quantitative estimate of drug-likeness (QED) is 0.224. The van der Waals surface area contributed by atoms with Crippen molar-refractivity contribution in [1.29, 1.82) is 0 Å². The normalized spacial score (nSPS) is 11.9. The van der Waals surface area contributed by atoms with E-state index in [4.69, 9.17) is 0 Å². The van der Waals surface area contributed by atoms with Gasteiger partial charge in [0.2, 0.25) is 5.91 Å². The average Bonchev–Trinajstić information content (AvgIpc) is 3.06. The van der Waals surface area contributed by atoms with Gasteiger partial charge in [0.15, 0.2) is 10.3 Å². The third-order valence-electron chi connectivity index (χ3n) is 4.55. The number of aryl methyl sites for hydroxylation is 3. The molecule has 0 fully saturated rings. The number of benzene rings is 1. The Labute approximate surface area is 193 Å². The van der Waals surface area contributed by atoms with Gasteiger partial charge in [0.05, 0.1) is 15.9 Å². The SMILES string of the molecule is Cc1cc(C)nc(SCc2nnc(S[C@@H](C)C(=O)Nc3ccc([N+](=O)[O-])cc3C)n2C)n1. The van der Waals surface area contributed by atoms with E-state index in [2.05, 4.69) is 25.5 Å². The van der Waals surface area contributed by atoms with Gasteiger partial charge in [0.25, 0.3) is 5.69 Å². The first-order chi connectivity index (χ1) is 15.1. The van der Waals surface area contributed by atoms with Gasteiger partial charge in [0, 0.05) is 36.3 Å². The van der Waals surface area contributed by atoms with Crippen molar-refractivity contribution in [3.8, 4) is 0 Å². The zero-order chi connectivity index (χ0) is 23.4. The Morgan fingerprint density at radius 3 is 2.50 bits per heavy atom. The highest BCUT2D eigenvalue weighted by molar-refractivity contribution is 8.00. The summed E-state index contributed by atoms with van der Waals surface area (Å²) in [5.74, 6) is 1.07. The highest BCUT2D eigenvalue weighted by Crippen LogP contribution is 2.26. The molecule has 3 rings (SSSR count). The molecule has 1 atom stereocenters. The van der Waals surface area contributed by atoms with Crippen LogP contribution < -0.4 is 5.32 Å². The molecule has 12 heteroatoms. The molecule has 3 aromatic rings. The van der Waals surface area contributed by atoms with E-state index in [-0.39, 0.29) is 11.6 Å². The lowest BCUT2D eigenvalue weighted by Crippen LogP contribution is -2.23. The van der Waals surface area contributed by atoms with Crippen LogP contribution in [0.4, 0.5) is 11.4 Å². The van der Waals surface area contributed by atoms with Gasteiger partial charge in [-0.2, -0.15) is 0 Å². The van der Waals surface area contributed by atoms with Crippen LogP contribution in [0.2, 0.25) is 0 Å². The fourth-order valence-corrected chi connectivity index (χ4v) is 4.57. The van der Waals surface area contributed by atoms with Crippen LogP contribution in [0.3, 0.4) is 0 Å². The molecule has 1 N–H and O–H groups in total. The fraction of sp³-hybridized carbons (Fsp3) is 0.350. The fourth-order valence-electron chi connectivity index (χ4n) is 2.81. The largest absolute Gasteiger partial charge is 0.325 e. The van der Waals surface area contributed by atoms with Gasteiger partial charge in [0.1, 0.15) is 5.82 Å². The number of nitro groups is 1. The van der Waals surface area contributed by atoms with Crippen LogP contribution in [0.5, 0.6) is 0 Å². The number of non-ortho nitro benzene ring substituents is 1. The van der Waals surface area contributed by atoms with Crippen molar-refractivity contribution in [2.45, 2.75) is 49.0 Å². The minimum Gasteiger partial charge on any atom is -0.325 e. The molecule has 0 unspecified atom stereocenters. The summed E-state index contributed by atoms with van der Waals surface area (Å²) in [6, 6.07) is 6.26. The number of rotatable bonds is 8. The van der Waals surface area contributed by atoms with E-state index in [0.29, 0.717) is 27.3 Å². The molecular weight excluding hydrogens is 450 g/mol. The molecular formula is C20H23N7O3S2. The minimum absolute atomic E-state index is 0.0152. The average molecular weight is 474 g/mol. The maximum absolute atomic E-state index is 12.6. The summed E-state index contributed by atoms with van der Waals surface area (Å²) < 4.78 is 1.85. The Balaban J connectivity index is 1.61. The molecule has 168 valence electrons. The lowest BCUT2D eigenvalue weighted by atomic mass is 10.2. The Bertz CT molecular complexity index is 1150. The molecule has 2 heterocycles. The second-order valence-corrected chi connectivity index (χ2v) is 9.44. The van der Waals surface area contributed by atoms with Gasteiger partial charge >= 0.3 is 0 Å². The summed E-state index contributed by atoms with van der Waals surface area (Å²) in [5.41, 5.74) is 2.97. The molecule has 1 amide bonds. The number of thioether (sulfide) groups is 2. The maximum Gasteiger partial charge on any atom is 0.269 e. The van der Waals surface area contributed by atoms with Crippen molar-refractivity contribution in [3.63, 3.8) is 0 Å². The van der Waals surface area contributed by atoms with Crippen LogP contribution >= 0.6 is 23.5 Å². The van der Waals surface area contributed by atoms with E-state index < -0.39 is 10.2 Å². The van der Waals surface area contributed by atoms with Crippen LogP contribution in [0.15, 0.2) is 34.6 Å². The smallest absolute Gasteiger partial charge is 0.269 e. The number of carbonyl (C=O) groups excluding carboxylic acids is 1. The summed E-state index contributed by atoms with van der Waals surface area (Å²) in [6.07, 6.45) is 0. The summed E-state index contributed by atoms with van der Waals surface area (Å²) in [4.78, 5) is 31.9. The van der Waals surface area contributed by atoms with E-state index in [1.54, 1.807) is 13.8 Å². The van der Waals surface area contributed by atoms with Gasteiger partial charge in [-0.3, -0.25) is 14.9 Å². The molecule has 0 saturated heterocycles. The molecule has 0 aliphatic rings. The number of anilines is 1. The Morgan fingerprint density at radius 1 is 1.19 bits per heavy atom. The van der Waals surface area contributed by atoms with Crippen LogP contribution in [-0.4, -0.2) is 40.8 Å². The van der Waals surface area contributed by atoms with Gasteiger partial charge in [-0.25, -0.2) is 9.97 Å². The highest BCUT2D eigenvalue weighted by Gasteiger charge is 2.20. The van der Waals surface area contributed by atoms with Crippen molar-refractivity contribution in [2.24, 2.45) is 7.05 Å². The number of hydrogen-bond donors (Lipinski definition) is 1. The number of aromatic nitrogens is 5. The van der Waals surface area contributed by atoms with E-state index in [1.807, 2.05) is 31.5 Å². The van der Waals surface area contributed by atoms with Gasteiger partial charge in [-0.15, -0.1) is 10.2 Å². The summed E-state index contributed by atoms with van der Waals surface area (Å²) in [7, 11) is 1.85. The monoisotopic (exact) mass is 473 g/mol. The molecule has 0 bridgehead atoms. The number of hydrogen-bond acceptors (Lipinski definition) is 9. The molecule has 32 heavy (non-hydrogen) atoms. The second-order valence-electron chi connectivity index (χ2n) is 7.19. The van der Waals surface area contributed by atoms with Crippen molar-refractivity contribution in [2.75, 3.05) is 5.32 Å². The first-order valence-electron chi connectivity index (χ1n) is 9.70. The van der Waals surface area contributed by atoms with Crippen molar-refractivity contribution in [1.82, 2.24) is 24.7 Å². The van der Waals surface area contributed by atoms with Gasteiger partial charge < -0.3 is 9.88 Å². The van der Waals surface area contributed by atoms with Crippen molar-refractivity contribution in [3.05, 3.63) is 57.2 Å². The van der Waals surface area contributed by atoms with Gasteiger partial charge in [-0.05, 0) is 45.4 Å². The van der Waals surface area contributed by atoms with E-state index in [0.717, 1.165) is 17.2 Å². The number of carbonyl (C=O) groups is 1. The predicted octanol–water partition coefficient (Wildman–Crippen LogP) is 3.85. The summed E-state index contributed by atoms with van der Waals surface area (Å²) in [5, 5.41) is 23.0. The Kier molecular flexibility index (Phi) is 7.46. The number of nitrogens with zero attached hydrogens (tertiary/aromatic N) is 6. The lowest BCUT2D eigenvalue weighted by molar-refractivity contribution is -0.384. The number of nitrogens with one attached hydrogen (secondary N) is 1. The van der Waals surface area contributed by atoms with Gasteiger partial charge in [-0.1, -0.05) is 23.5 Å². The molecule has 0 aliphatic carbocycles. The zero-order valence-electron chi connectivity index (χ0n) is 18.3. The Hall–Kier alpha value is -2.99. The second kappa shape index (κ2) is 10.1. The first-order valence-corrected chi connectivity index (χ1v) is 11.6. The number of amides is 1. The molecule has 0 aliphatic heterocycles. The first kappa shape index (κ1) is 23.7. The zero-order valence-corrected chi connectivity index (χ0v) is 20.0. The maximum atomic E-state index is 12.6. The lowest BCUT2D eigenvalue weighted by Gasteiger charge is -2.13. The minimum atomic E-state index is -0.465. The predicted molar refractivity (Wildman–Crippen MR) is 124 cm³/mol. The standard InChI is InChI=1S/C20H23N7O3S2/c1-11-8-15(27(29)30)6-7-16(11)23-18(28)14(4)32-20-25-24-17(26(20)5)10-31-19-21-12(2)9-13(3)22-19/h6-9,14H,10H2,1-5H3,(H,23,28)/t14-/m0/s1. The molecule has 0 spiro atoms. The van der Waals surface area contributed by atoms with Crippen LogP contribution in [-0.2, 0) is 17.6 Å². The van der Waals surface area contributed by atoms with E-state index in [1.165, 1.54) is 41.7 Å². The molecule has 0 saturated carbocycles. The number of nitro benzene ring substituents is 1. The van der Waals surface area contributed by atoms with Crippen molar-refractivity contribution < 1.29 is 9.72 Å². The van der Waals surface area contributed by atoms with Crippen molar-refractivity contribution >= 4 is 40.8 Å². The summed E-state index contributed by atoms with van der Waals surface area (Å²) >= 11 is 2.77. The third kappa shape index (κ3) is 5.82. The van der Waals surface area contributed by atoms with Crippen LogP contribution in [0, 0.1) is 30.9 Å². The molecule has 0 radical (unpaired) electrons. The molecule has 2 aromatic heterocycles.